The molecule has 0 atom stereocenters. The zero-order valence-electron chi connectivity index (χ0n) is 6.74. The van der Waals surface area contributed by atoms with Gasteiger partial charge < -0.3 is 4.74 Å². The molecule has 0 radical (unpaired) electrons. The molecule has 1 aliphatic rings. The van der Waals surface area contributed by atoms with Crippen LogP contribution in [-0.2, 0) is 4.74 Å². The summed E-state index contributed by atoms with van der Waals surface area (Å²) in [6, 6.07) is 3.64. The molecule has 1 aliphatic heterocycles. The lowest BCUT2D eigenvalue weighted by Crippen LogP contribution is -2.24. The van der Waals surface area contributed by atoms with Gasteiger partial charge in [0.2, 0.25) is 0 Å². The number of anilines is 1. The molecule has 13 heavy (non-hydrogen) atoms. The Kier molecular flexibility index (Phi) is 2.18. The van der Waals surface area contributed by atoms with E-state index in [1.165, 1.54) is 4.90 Å². The van der Waals surface area contributed by atoms with Crippen LogP contribution < -0.4 is 4.90 Å². The lowest BCUT2D eigenvalue weighted by molar-refractivity contribution is 0.181. The molecule has 1 amide bonds. The summed E-state index contributed by atoms with van der Waals surface area (Å²) in [5, 5.41) is 0. The first-order valence-electron chi connectivity index (χ1n) is 3.84. The highest BCUT2D eigenvalue weighted by Crippen LogP contribution is 2.24. The summed E-state index contributed by atoms with van der Waals surface area (Å²) in [6.07, 6.45) is 1.31. The van der Waals surface area contributed by atoms with Crippen molar-refractivity contribution in [1.82, 2.24) is 4.98 Å². The van der Waals surface area contributed by atoms with Gasteiger partial charge in [-0.1, -0.05) is 0 Å². The molecule has 2 heterocycles. The zero-order valence-corrected chi connectivity index (χ0v) is 8.32. The fraction of sp³-hybridized carbons (Fsp3) is 0.250. The van der Waals surface area contributed by atoms with E-state index < -0.39 is 0 Å². The van der Waals surface area contributed by atoms with Gasteiger partial charge in [0.15, 0.2) is 5.82 Å². The Bertz CT molecular complexity index is 343. The molecule has 0 saturated carbocycles. The SMILES string of the molecule is O=C1OCCN1c1ncccc1Br. The first-order valence-corrected chi connectivity index (χ1v) is 4.63. The van der Waals surface area contributed by atoms with Crippen LogP contribution in [-0.4, -0.2) is 24.2 Å². The quantitative estimate of drug-likeness (QED) is 0.755. The van der Waals surface area contributed by atoms with Gasteiger partial charge in [-0.05, 0) is 28.1 Å². The van der Waals surface area contributed by atoms with E-state index in [0.717, 1.165) is 4.47 Å². The summed E-state index contributed by atoms with van der Waals surface area (Å²) >= 11 is 3.32. The van der Waals surface area contributed by atoms with E-state index in [9.17, 15) is 4.79 Å². The van der Waals surface area contributed by atoms with Gasteiger partial charge >= 0.3 is 6.09 Å². The zero-order chi connectivity index (χ0) is 9.26. The summed E-state index contributed by atoms with van der Waals surface area (Å²) in [6.45, 7) is 0.996. The number of halogens is 1. The second-order valence-electron chi connectivity index (χ2n) is 2.57. The van der Waals surface area contributed by atoms with E-state index in [2.05, 4.69) is 20.9 Å². The number of hydrogen-bond acceptors (Lipinski definition) is 3. The van der Waals surface area contributed by atoms with Crippen molar-refractivity contribution >= 4 is 27.8 Å². The average Bonchev–Trinajstić information content (AvgIpc) is 2.52. The number of carbonyl (C=O) groups excluding carboxylic acids is 1. The topological polar surface area (TPSA) is 42.4 Å². The summed E-state index contributed by atoms with van der Waals surface area (Å²) < 4.78 is 5.60. The standard InChI is InChI=1S/C8H7BrN2O2/c9-6-2-1-3-10-7(6)11-4-5-13-8(11)12/h1-3H,4-5H2. The van der Waals surface area contributed by atoms with Crippen molar-refractivity contribution in [3.05, 3.63) is 22.8 Å². The third-order valence-electron chi connectivity index (χ3n) is 1.76. The summed E-state index contributed by atoms with van der Waals surface area (Å²) in [5.41, 5.74) is 0. The third-order valence-corrected chi connectivity index (χ3v) is 2.37. The van der Waals surface area contributed by atoms with Crippen LogP contribution in [0.2, 0.25) is 0 Å². The third kappa shape index (κ3) is 1.51. The predicted octanol–water partition coefficient (Wildman–Crippen LogP) is 1.80. The molecule has 1 aromatic heterocycles. The van der Waals surface area contributed by atoms with Crippen LogP contribution in [0.5, 0.6) is 0 Å². The van der Waals surface area contributed by atoms with Gasteiger partial charge in [0, 0.05) is 6.20 Å². The number of pyridine rings is 1. The van der Waals surface area contributed by atoms with Crippen LogP contribution in [0, 0.1) is 0 Å². The minimum Gasteiger partial charge on any atom is -0.447 e. The largest absolute Gasteiger partial charge is 0.447 e. The van der Waals surface area contributed by atoms with E-state index in [-0.39, 0.29) is 6.09 Å². The number of aromatic nitrogens is 1. The molecule has 0 aromatic carbocycles. The van der Waals surface area contributed by atoms with Crippen LogP contribution in [0.15, 0.2) is 22.8 Å². The second-order valence-corrected chi connectivity index (χ2v) is 3.43. The smallest absolute Gasteiger partial charge is 0.415 e. The maximum Gasteiger partial charge on any atom is 0.415 e. The molecule has 0 spiro atoms. The predicted molar refractivity (Wildman–Crippen MR) is 50.6 cm³/mol. The summed E-state index contributed by atoms with van der Waals surface area (Å²) in [4.78, 5) is 16.8. The molecule has 0 unspecified atom stereocenters. The fourth-order valence-electron chi connectivity index (χ4n) is 1.16. The van der Waals surface area contributed by atoms with E-state index in [0.29, 0.717) is 19.0 Å². The number of rotatable bonds is 1. The van der Waals surface area contributed by atoms with Gasteiger partial charge in [0.25, 0.3) is 0 Å². The molecule has 1 fully saturated rings. The summed E-state index contributed by atoms with van der Waals surface area (Å²) in [7, 11) is 0. The molecule has 2 rings (SSSR count). The highest BCUT2D eigenvalue weighted by atomic mass is 79.9. The molecular formula is C8H7BrN2O2. The number of ether oxygens (including phenoxy) is 1. The second kappa shape index (κ2) is 3.33. The lowest BCUT2D eigenvalue weighted by Gasteiger charge is -2.12. The molecule has 1 aromatic rings. The van der Waals surface area contributed by atoms with Crippen molar-refractivity contribution in [3.8, 4) is 0 Å². The first kappa shape index (κ1) is 8.50. The number of nitrogens with zero attached hydrogens (tertiary/aromatic N) is 2. The Morgan fingerprint density at radius 1 is 1.62 bits per heavy atom. The Balaban J connectivity index is 2.34. The molecule has 0 bridgehead atoms. The van der Waals surface area contributed by atoms with Crippen LogP contribution in [0.1, 0.15) is 0 Å². The van der Waals surface area contributed by atoms with Gasteiger partial charge in [-0.25, -0.2) is 9.78 Å². The highest BCUT2D eigenvalue weighted by Gasteiger charge is 2.25. The van der Waals surface area contributed by atoms with Gasteiger partial charge in [-0.3, -0.25) is 4.90 Å². The van der Waals surface area contributed by atoms with Crippen LogP contribution in [0.3, 0.4) is 0 Å². The Morgan fingerprint density at radius 3 is 3.08 bits per heavy atom. The number of cyclic esters (lactones) is 1. The van der Waals surface area contributed by atoms with Crippen molar-refractivity contribution in [2.75, 3.05) is 18.1 Å². The van der Waals surface area contributed by atoms with Gasteiger partial charge in [-0.15, -0.1) is 0 Å². The molecular weight excluding hydrogens is 236 g/mol. The number of amides is 1. The number of carbonyl (C=O) groups is 1. The highest BCUT2D eigenvalue weighted by molar-refractivity contribution is 9.10. The maximum atomic E-state index is 11.2. The minimum absolute atomic E-state index is 0.334. The minimum atomic E-state index is -0.334. The molecule has 0 aliphatic carbocycles. The van der Waals surface area contributed by atoms with E-state index in [4.69, 9.17) is 4.74 Å². The van der Waals surface area contributed by atoms with Crippen molar-refractivity contribution in [1.29, 1.82) is 0 Å². The van der Waals surface area contributed by atoms with E-state index >= 15 is 0 Å². The molecule has 68 valence electrons. The number of hydrogen-bond donors (Lipinski definition) is 0. The Morgan fingerprint density at radius 2 is 2.46 bits per heavy atom. The molecule has 5 heteroatoms. The lowest BCUT2D eigenvalue weighted by atomic mass is 10.4. The average molecular weight is 243 g/mol. The maximum absolute atomic E-state index is 11.2. The van der Waals surface area contributed by atoms with Gasteiger partial charge in [-0.2, -0.15) is 0 Å². The first-order chi connectivity index (χ1) is 6.29. The molecule has 1 saturated heterocycles. The Hall–Kier alpha value is -1.10. The van der Waals surface area contributed by atoms with Gasteiger partial charge in [0.1, 0.15) is 6.61 Å². The van der Waals surface area contributed by atoms with Crippen molar-refractivity contribution < 1.29 is 9.53 Å². The fourth-order valence-corrected chi connectivity index (χ4v) is 1.63. The monoisotopic (exact) mass is 242 g/mol. The van der Waals surface area contributed by atoms with E-state index in [1.807, 2.05) is 6.07 Å². The van der Waals surface area contributed by atoms with Crippen molar-refractivity contribution in [3.63, 3.8) is 0 Å². The van der Waals surface area contributed by atoms with Gasteiger partial charge in [0.05, 0.1) is 11.0 Å². The molecule has 0 N–H and O–H groups in total. The van der Waals surface area contributed by atoms with Crippen LogP contribution >= 0.6 is 15.9 Å². The summed E-state index contributed by atoms with van der Waals surface area (Å²) in [5.74, 6) is 0.616. The normalized spacial score (nSPS) is 16.1. The van der Waals surface area contributed by atoms with Crippen molar-refractivity contribution in [2.45, 2.75) is 0 Å². The van der Waals surface area contributed by atoms with Crippen LogP contribution in [0.4, 0.5) is 10.6 Å². The molecule has 4 nitrogen and oxygen atoms in total. The van der Waals surface area contributed by atoms with Crippen molar-refractivity contribution in [2.24, 2.45) is 0 Å². The van der Waals surface area contributed by atoms with E-state index in [1.54, 1.807) is 12.3 Å². The Labute approximate surface area is 83.6 Å². The van der Waals surface area contributed by atoms with Crippen LogP contribution in [0.25, 0.3) is 0 Å².